The fourth-order valence-electron chi connectivity index (χ4n) is 10.8. The van der Waals surface area contributed by atoms with Crippen LogP contribution in [-0.4, -0.2) is 87.5 Å². The van der Waals surface area contributed by atoms with Gasteiger partial charge in [-0.05, 0) is 70.6 Å². The Balaban J connectivity index is 2.01. The smallest absolute Gasteiger partial charge is 0.220 e. The van der Waals surface area contributed by atoms with E-state index in [0.717, 1.165) is 51.4 Å². The van der Waals surface area contributed by atoms with Gasteiger partial charge in [0.2, 0.25) is 5.91 Å². The molecule has 0 radical (unpaired) electrons. The zero-order chi connectivity index (χ0) is 56.5. The molecule has 7 unspecified atom stereocenters. The van der Waals surface area contributed by atoms with Gasteiger partial charge in [-0.3, -0.25) is 4.79 Å². The Kier molecular flexibility index (Phi) is 55.5. The van der Waals surface area contributed by atoms with Crippen LogP contribution in [0.15, 0.2) is 48.6 Å². The maximum atomic E-state index is 13.1. The van der Waals surface area contributed by atoms with Crippen LogP contribution in [-0.2, 0) is 14.3 Å². The summed E-state index contributed by atoms with van der Waals surface area (Å²) >= 11 is 0. The highest BCUT2D eigenvalue weighted by atomic mass is 16.7. The van der Waals surface area contributed by atoms with Crippen LogP contribution in [0, 0.1) is 0 Å². The van der Waals surface area contributed by atoms with Crippen molar-refractivity contribution in [2.75, 3.05) is 13.2 Å². The van der Waals surface area contributed by atoms with E-state index in [-0.39, 0.29) is 12.5 Å². The lowest BCUT2D eigenvalue weighted by Crippen LogP contribution is -2.60. The third-order valence-electron chi connectivity index (χ3n) is 16.1. The molecule has 0 spiro atoms. The monoisotopic (exact) mass is 1100 g/mol. The molecule has 1 aliphatic heterocycles. The van der Waals surface area contributed by atoms with Gasteiger partial charge in [0.15, 0.2) is 6.29 Å². The normalized spacial score (nSPS) is 18.9. The van der Waals surface area contributed by atoms with E-state index in [0.29, 0.717) is 6.42 Å². The molecule has 0 bridgehead atoms. The van der Waals surface area contributed by atoms with Gasteiger partial charge in [0.25, 0.3) is 0 Å². The Hall–Kier alpha value is -1.85. The van der Waals surface area contributed by atoms with Gasteiger partial charge in [-0.15, -0.1) is 0 Å². The van der Waals surface area contributed by atoms with Gasteiger partial charge in [0.1, 0.15) is 24.4 Å². The minimum atomic E-state index is -1.57. The second-order valence-electron chi connectivity index (χ2n) is 23.6. The topological polar surface area (TPSA) is 149 Å². The average Bonchev–Trinajstić information content (AvgIpc) is 3.46. The number of aliphatic hydroxyl groups excluding tert-OH is 5. The molecule has 7 atom stereocenters. The van der Waals surface area contributed by atoms with E-state index in [2.05, 4.69) is 55.6 Å². The van der Waals surface area contributed by atoms with Crippen LogP contribution in [0.1, 0.15) is 328 Å². The van der Waals surface area contributed by atoms with Crippen molar-refractivity contribution in [2.45, 2.75) is 371 Å². The number of aliphatic hydroxyl groups is 5. The SMILES string of the molecule is CCCCCC/C=C/CC/C=C/CC/C=C/C(O)C(COC1OC(CO)C(O)C(O)C1O)NC(=O)CCCCCCCCCCCCCCCCCCCCCCCCCCCCCCC/C=C\CCCCCCCCCC. The van der Waals surface area contributed by atoms with Gasteiger partial charge < -0.3 is 40.3 Å². The number of hydrogen-bond acceptors (Lipinski definition) is 8. The minimum Gasteiger partial charge on any atom is -0.394 e. The lowest BCUT2D eigenvalue weighted by molar-refractivity contribution is -0.302. The van der Waals surface area contributed by atoms with E-state index in [1.165, 1.54) is 257 Å². The first-order valence-corrected chi connectivity index (χ1v) is 33.9. The minimum absolute atomic E-state index is 0.186. The summed E-state index contributed by atoms with van der Waals surface area (Å²) in [6.07, 6.45) is 72.5. The van der Waals surface area contributed by atoms with Crippen LogP contribution >= 0.6 is 0 Å². The predicted octanol–water partition coefficient (Wildman–Crippen LogP) is 18.0. The number of amides is 1. The number of carbonyl (C=O) groups is 1. The Morgan fingerprint density at radius 1 is 0.423 bits per heavy atom. The highest BCUT2D eigenvalue weighted by Crippen LogP contribution is 2.23. The molecule has 1 amide bonds. The third-order valence-corrected chi connectivity index (χ3v) is 16.1. The molecular weight excluding hydrogens is 971 g/mol. The summed E-state index contributed by atoms with van der Waals surface area (Å²) in [7, 11) is 0. The fourth-order valence-corrected chi connectivity index (χ4v) is 10.8. The molecule has 0 aromatic carbocycles. The molecule has 0 aromatic rings. The molecule has 0 saturated carbocycles. The van der Waals surface area contributed by atoms with E-state index in [4.69, 9.17) is 9.47 Å². The first kappa shape index (κ1) is 74.2. The third kappa shape index (κ3) is 46.7. The molecule has 78 heavy (non-hydrogen) atoms. The molecule has 9 heteroatoms. The van der Waals surface area contributed by atoms with Gasteiger partial charge in [-0.2, -0.15) is 0 Å². The first-order valence-electron chi connectivity index (χ1n) is 33.9. The summed E-state index contributed by atoms with van der Waals surface area (Å²) in [4.78, 5) is 13.1. The molecule has 1 saturated heterocycles. The van der Waals surface area contributed by atoms with Gasteiger partial charge in [-0.25, -0.2) is 0 Å². The zero-order valence-electron chi connectivity index (χ0n) is 51.2. The molecule has 458 valence electrons. The Bertz CT molecular complexity index is 1370. The number of carbonyl (C=O) groups excluding carboxylic acids is 1. The Morgan fingerprint density at radius 3 is 1.09 bits per heavy atom. The summed E-state index contributed by atoms with van der Waals surface area (Å²) in [5.41, 5.74) is 0. The quantitative estimate of drug-likeness (QED) is 0.0261. The van der Waals surface area contributed by atoms with Crippen molar-refractivity contribution in [1.29, 1.82) is 0 Å². The number of allylic oxidation sites excluding steroid dienone is 7. The van der Waals surface area contributed by atoms with Crippen molar-refractivity contribution in [3.8, 4) is 0 Å². The molecular formula is C69H129NO8. The Morgan fingerprint density at radius 2 is 0.731 bits per heavy atom. The molecule has 1 fully saturated rings. The molecule has 1 aliphatic rings. The van der Waals surface area contributed by atoms with E-state index >= 15 is 0 Å². The molecule has 6 N–H and O–H groups in total. The molecule has 0 aromatic heterocycles. The highest BCUT2D eigenvalue weighted by Gasteiger charge is 2.44. The van der Waals surface area contributed by atoms with Crippen molar-refractivity contribution in [3.63, 3.8) is 0 Å². The number of ether oxygens (including phenoxy) is 2. The zero-order valence-corrected chi connectivity index (χ0v) is 51.2. The van der Waals surface area contributed by atoms with Crippen LogP contribution in [0.3, 0.4) is 0 Å². The maximum Gasteiger partial charge on any atom is 0.220 e. The van der Waals surface area contributed by atoms with Crippen molar-refractivity contribution >= 4 is 5.91 Å². The van der Waals surface area contributed by atoms with Gasteiger partial charge in [0.05, 0.1) is 25.4 Å². The van der Waals surface area contributed by atoms with Crippen molar-refractivity contribution in [1.82, 2.24) is 5.32 Å². The standard InChI is InChI=1S/C69H129NO8/c1-3-5-7-9-11-13-15-17-19-20-21-22-23-24-25-26-27-28-29-30-31-32-33-34-35-36-37-38-39-40-41-42-43-44-45-47-49-51-53-55-57-59-65(73)70-62(61-77-69-68(76)67(75)66(74)64(60-71)78-69)63(72)58-56-54-52-50-48-46-18-16-14-12-10-8-6-4-2/h14,16,20-21,48,50,56,58,62-64,66-69,71-72,74-76H,3-13,15,17-19,22-47,49,51-55,57,59-61H2,1-2H3,(H,70,73)/b16-14+,21-20-,50-48+,58-56+. The Labute approximate surface area is 482 Å². The predicted molar refractivity (Wildman–Crippen MR) is 332 cm³/mol. The molecule has 1 rings (SSSR count). The van der Waals surface area contributed by atoms with Crippen LogP contribution in [0.4, 0.5) is 0 Å². The van der Waals surface area contributed by atoms with Crippen molar-refractivity contribution in [3.05, 3.63) is 48.6 Å². The lowest BCUT2D eigenvalue weighted by atomic mass is 9.99. The largest absolute Gasteiger partial charge is 0.394 e. The molecule has 0 aliphatic carbocycles. The number of nitrogens with one attached hydrogen (secondary N) is 1. The summed E-state index contributed by atoms with van der Waals surface area (Å²) in [6.45, 7) is 3.76. The summed E-state index contributed by atoms with van der Waals surface area (Å²) in [6, 6.07) is -0.827. The van der Waals surface area contributed by atoms with Gasteiger partial charge in [-0.1, -0.05) is 300 Å². The maximum absolute atomic E-state index is 13.1. The highest BCUT2D eigenvalue weighted by molar-refractivity contribution is 5.76. The van der Waals surface area contributed by atoms with E-state index in [1.807, 2.05) is 6.08 Å². The van der Waals surface area contributed by atoms with Crippen LogP contribution in [0.5, 0.6) is 0 Å². The lowest BCUT2D eigenvalue weighted by Gasteiger charge is -2.40. The van der Waals surface area contributed by atoms with Crippen LogP contribution in [0.2, 0.25) is 0 Å². The summed E-state index contributed by atoms with van der Waals surface area (Å²) < 4.78 is 11.3. The number of unbranched alkanes of at least 4 members (excludes halogenated alkanes) is 43. The van der Waals surface area contributed by atoms with Crippen LogP contribution < -0.4 is 5.32 Å². The van der Waals surface area contributed by atoms with Crippen molar-refractivity contribution < 1.29 is 39.8 Å². The van der Waals surface area contributed by atoms with Gasteiger partial charge in [0, 0.05) is 6.42 Å². The second-order valence-corrected chi connectivity index (χ2v) is 23.6. The van der Waals surface area contributed by atoms with Gasteiger partial charge >= 0.3 is 0 Å². The number of rotatable bonds is 59. The molecule has 1 heterocycles. The average molecular weight is 1100 g/mol. The van der Waals surface area contributed by atoms with E-state index in [9.17, 15) is 30.3 Å². The van der Waals surface area contributed by atoms with E-state index in [1.54, 1.807) is 6.08 Å². The van der Waals surface area contributed by atoms with Crippen LogP contribution in [0.25, 0.3) is 0 Å². The summed E-state index contributed by atoms with van der Waals surface area (Å²) in [5, 5.41) is 54.5. The van der Waals surface area contributed by atoms with E-state index < -0.39 is 49.5 Å². The number of hydrogen-bond donors (Lipinski definition) is 6. The second kappa shape index (κ2) is 58.4. The fraction of sp³-hybridized carbons (Fsp3) is 0.870. The first-order chi connectivity index (χ1) is 38.3. The summed E-state index contributed by atoms with van der Waals surface area (Å²) in [5.74, 6) is -0.186. The van der Waals surface area contributed by atoms with Crippen molar-refractivity contribution in [2.24, 2.45) is 0 Å². The molecule has 9 nitrogen and oxygen atoms in total.